The average molecular weight is 329 g/mol. The standard InChI is InChI=1S/C14H18Cl2N4O/c1-19(2)14(21)17-8-9-20-11-5-3-4-10(16)13(11)18-12(20)6-7-15/h3-5H,6-9H2,1-2H3,(H,17,21). The van der Waals surface area contributed by atoms with E-state index >= 15 is 0 Å². The molecule has 0 fully saturated rings. The Labute approximate surface area is 133 Å². The first-order valence-electron chi connectivity index (χ1n) is 6.69. The van der Waals surface area contributed by atoms with Gasteiger partial charge in [0, 0.05) is 39.5 Å². The minimum Gasteiger partial charge on any atom is -0.336 e. The lowest BCUT2D eigenvalue weighted by atomic mass is 10.3. The molecule has 0 saturated heterocycles. The zero-order valence-corrected chi connectivity index (χ0v) is 13.6. The predicted octanol–water partition coefficient (Wildman–Crippen LogP) is 2.74. The molecular formula is C14H18Cl2N4O. The number of amides is 2. The van der Waals surface area contributed by atoms with Crippen molar-refractivity contribution in [2.75, 3.05) is 26.5 Å². The summed E-state index contributed by atoms with van der Waals surface area (Å²) < 4.78 is 2.06. The van der Waals surface area contributed by atoms with Gasteiger partial charge < -0.3 is 14.8 Å². The summed E-state index contributed by atoms with van der Waals surface area (Å²) in [5.41, 5.74) is 1.74. The molecule has 1 aromatic heterocycles. The second-order valence-electron chi connectivity index (χ2n) is 4.85. The number of urea groups is 1. The fraction of sp³-hybridized carbons (Fsp3) is 0.429. The first-order valence-corrected chi connectivity index (χ1v) is 7.60. The summed E-state index contributed by atoms with van der Waals surface area (Å²) in [6, 6.07) is 5.57. The van der Waals surface area contributed by atoms with Gasteiger partial charge in [-0.05, 0) is 12.1 Å². The molecule has 0 saturated carbocycles. The summed E-state index contributed by atoms with van der Waals surface area (Å²) in [6.07, 6.45) is 0.661. The smallest absolute Gasteiger partial charge is 0.316 e. The third kappa shape index (κ3) is 3.60. The van der Waals surface area contributed by atoms with E-state index in [1.807, 2.05) is 18.2 Å². The van der Waals surface area contributed by atoms with Crippen molar-refractivity contribution in [3.63, 3.8) is 0 Å². The molecule has 2 rings (SSSR count). The molecule has 21 heavy (non-hydrogen) atoms. The van der Waals surface area contributed by atoms with Gasteiger partial charge in [0.15, 0.2) is 0 Å². The van der Waals surface area contributed by atoms with Crippen molar-refractivity contribution >= 4 is 40.3 Å². The Morgan fingerprint density at radius 2 is 2.19 bits per heavy atom. The van der Waals surface area contributed by atoms with E-state index in [0.717, 1.165) is 16.9 Å². The molecule has 0 radical (unpaired) electrons. The van der Waals surface area contributed by atoms with Gasteiger partial charge in [0.1, 0.15) is 11.3 Å². The van der Waals surface area contributed by atoms with Gasteiger partial charge in [-0.15, -0.1) is 11.6 Å². The molecule has 0 atom stereocenters. The quantitative estimate of drug-likeness (QED) is 0.858. The molecule has 0 aliphatic heterocycles. The number of para-hydroxylation sites is 1. The van der Waals surface area contributed by atoms with Crippen LogP contribution < -0.4 is 5.32 Å². The molecule has 0 aliphatic rings. The number of carbonyl (C=O) groups excluding carboxylic acids is 1. The monoisotopic (exact) mass is 328 g/mol. The van der Waals surface area contributed by atoms with Crippen LogP contribution in [0.5, 0.6) is 0 Å². The number of hydrogen-bond donors (Lipinski definition) is 1. The lowest BCUT2D eigenvalue weighted by Gasteiger charge is -2.13. The SMILES string of the molecule is CN(C)C(=O)NCCn1c(CCCl)nc2c(Cl)cccc21. The van der Waals surface area contributed by atoms with Gasteiger partial charge in [-0.2, -0.15) is 0 Å². The van der Waals surface area contributed by atoms with Crippen molar-refractivity contribution in [3.8, 4) is 0 Å². The number of hydrogen-bond acceptors (Lipinski definition) is 2. The number of rotatable bonds is 5. The maximum atomic E-state index is 11.5. The number of nitrogens with one attached hydrogen (secondary N) is 1. The van der Waals surface area contributed by atoms with Gasteiger partial charge in [-0.1, -0.05) is 17.7 Å². The summed E-state index contributed by atoms with van der Waals surface area (Å²) in [4.78, 5) is 17.6. The highest BCUT2D eigenvalue weighted by Gasteiger charge is 2.12. The predicted molar refractivity (Wildman–Crippen MR) is 86.3 cm³/mol. The Morgan fingerprint density at radius 3 is 2.86 bits per heavy atom. The molecular weight excluding hydrogens is 311 g/mol. The second kappa shape index (κ2) is 7.00. The van der Waals surface area contributed by atoms with Crippen molar-refractivity contribution < 1.29 is 4.79 Å². The zero-order valence-electron chi connectivity index (χ0n) is 12.1. The van der Waals surface area contributed by atoms with E-state index in [1.165, 1.54) is 4.90 Å². The van der Waals surface area contributed by atoms with Crippen molar-refractivity contribution in [1.82, 2.24) is 19.8 Å². The summed E-state index contributed by atoms with van der Waals surface area (Å²) in [6.45, 7) is 1.15. The molecule has 0 unspecified atom stereocenters. The minimum atomic E-state index is -0.114. The molecule has 0 aliphatic carbocycles. The van der Waals surface area contributed by atoms with Crippen molar-refractivity contribution in [1.29, 1.82) is 0 Å². The summed E-state index contributed by atoms with van der Waals surface area (Å²) in [5.74, 6) is 1.37. The topological polar surface area (TPSA) is 50.2 Å². The first-order chi connectivity index (χ1) is 10.0. The number of aryl methyl sites for hydroxylation is 1. The highest BCUT2D eigenvalue weighted by molar-refractivity contribution is 6.34. The van der Waals surface area contributed by atoms with Crippen LogP contribution in [0.2, 0.25) is 5.02 Å². The summed E-state index contributed by atoms with van der Waals surface area (Å²) in [5, 5.41) is 3.47. The normalized spacial score (nSPS) is 10.9. The average Bonchev–Trinajstić information content (AvgIpc) is 2.79. The van der Waals surface area contributed by atoms with E-state index < -0.39 is 0 Å². The first kappa shape index (κ1) is 15.9. The fourth-order valence-electron chi connectivity index (χ4n) is 2.12. The van der Waals surface area contributed by atoms with Crippen molar-refractivity contribution in [3.05, 3.63) is 29.0 Å². The molecule has 0 bridgehead atoms. The fourth-order valence-corrected chi connectivity index (χ4v) is 2.50. The number of aromatic nitrogens is 2. The molecule has 2 amide bonds. The summed E-state index contributed by atoms with van der Waals surface area (Å²) in [7, 11) is 3.42. The number of benzene rings is 1. The Bertz CT molecular complexity index is 639. The van der Waals surface area contributed by atoms with Crippen molar-refractivity contribution in [2.24, 2.45) is 0 Å². The Morgan fingerprint density at radius 1 is 1.43 bits per heavy atom. The maximum absolute atomic E-state index is 11.5. The third-order valence-corrected chi connectivity index (χ3v) is 3.64. The highest BCUT2D eigenvalue weighted by Crippen LogP contribution is 2.24. The van der Waals surface area contributed by atoms with Gasteiger partial charge in [0.2, 0.25) is 0 Å². The van der Waals surface area contributed by atoms with Gasteiger partial charge in [0.05, 0.1) is 10.5 Å². The van der Waals surface area contributed by atoms with Crippen LogP contribution in [0.4, 0.5) is 4.79 Å². The number of carbonyl (C=O) groups is 1. The third-order valence-electron chi connectivity index (χ3n) is 3.14. The number of halogens is 2. The zero-order chi connectivity index (χ0) is 15.4. The van der Waals surface area contributed by atoms with E-state index in [4.69, 9.17) is 23.2 Å². The largest absolute Gasteiger partial charge is 0.336 e. The van der Waals surface area contributed by atoms with Gasteiger partial charge in [-0.25, -0.2) is 9.78 Å². The van der Waals surface area contributed by atoms with Crippen LogP contribution in [0.25, 0.3) is 11.0 Å². The molecule has 1 N–H and O–H groups in total. The van der Waals surface area contributed by atoms with E-state index in [1.54, 1.807) is 14.1 Å². The molecule has 2 aromatic rings. The van der Waals surface area contributed by atoms with E-state index in [9.17, 15) is 4.79 Å². The van der Waals surface area contributed by atoms with Crippen molar-refractivity contribution in [2.45, 2.75) is 13.0 Å². The number of alkyl halides is 1. The second-order valence-corrected chi connectivity index (χ2v) is 5.64. The van der Waals surface area contributed by atoms with Crippen LogP contribution in [0, 0.1) is 0 Å². The molecule has 0 spiro atoms. The molecule has 1 heterocycles. The maximum Gasteiger partial charge on any atom is 0.316 e. The van der Waals surface area contributed by atoms with Gasteiger partial charge in [-0.3, -0.25) is 0 Å². The van der Waals surface area contributed by atoms with Crippen LogP contribution in [-0.2, 0) is 13.0 Å². The van der Waals surface area contributed by atoms with Crippen LogP contribution in [0.15, 0.2) is 18.2 Å². The number of imidazole rings is 1. The number of fused-ring (bicyclic) bond motifs is 1. The van der Waals surface area contributed by atoms with Crippen LogP contribution in [0.3, 0.4) is 0 Å². The Kier molecular flexibility index (Phi) is 5.31. The molecule has 7 heteroatoms. The Hall–Kier alpha value is -1.46. The minimum absolute atomic E-state index is 0.114. The van der Waals surface area contributed by atoms with Crippen LogP contribution in [-0.4, -0.2) is 47.0 Å². The summed E-state index contributed by atoms with van der Waals surface area (Å²) >= 11 is 12.0. The van der Waals surface area contributed by atoms with E-state index in [-0.39, 0.29) is 6.03 Å². The molecule has 5 nitrogen and oxygen atoms in total. The van der Waals surface area contributed by atoms with Gasteiger partial charge in [0.25, 0.3) is 0 Å². The van der Waals surface area contributed by atoms with Crippen LogP contribution >= 0.6 is 23.2 Å². The van der Waals surface area contributed by atoms with Gasteiger partial charge >= 0.3 is 6.03 Å². The number of nitrogens with zero attached hydrogens (tertiary/aromatic N) is 3. The molecule has 114 valence electrons. The van der Waals surface area contributed by atoms with E-state index in [2.05, 4.69) is 14.9 Å². The van der Waals surface area contributed by atoms with Crippen LogP contribution in [0.1, 0.15) is 5.82 Å². The molecule has 1 aromatic carbocycles. The Balaban J connectivity index is 2.22. The van der Waals surface area contributed by atoms with E-state index in [0.29, 0.717) is 30.4 Å². The lowest BCUT2D eigenvalue weighted by Crippen LogP contribution is -2.36. The lowest BCUT2D eigenvalue weighted by molar-refractivity contribution is 0.217. The highest BCUT2D eigenvalue weighted by atomic mass is 35.5.